The highest BCUT2D eigenvalue weighted by molar-refractivity contribution is 5.91. The SMILES string of the molecule is CC(C)(C)OC(=O)N1CCn2c1nc1cc([N+](=O)[O-])ccc12. The third-order valence-electron chi connectivity index (χ3n) is 3.33. The Labute approximate surface area is 126 Å². The maximum Gasteiger partial charge on any atom is 0.417 e. The van der Waals surface area contributed by atoms with Crippen molar-refractivity contribution in [1.29, 1.82) is 0 Å². The number of fused-ring (bicyclic) bond motifs is 3. The van der Waals surface area contributed by atoms with Crippen LogP contribution in [0.15, 0.2) is 18.2 Å². The first kappa shape index (κ1) is 14.3. The largest absolute Gasteiger partial charge is 0.443 e. The first-order valence-electron chi connectivity index (χ1n) is 6.91. The van der Waals surface area contributed by atoms with Crippen molar-refractivity contribution < 1.29 is 14.5 Å². The summed E-state index contributed by atoms with van der Waals surface area (Å²) < 4.78 is 7.23. The predicted molar refractivity (Wildman–Crippen MR) is 80.0 cm³/mol. The van der Waals surface area contributed by atoms with Crippen LogP contribution < -0.4 is 4.90 Å². The molecule has 3 rings (SSSR count). The van der Waals surface area contributed by atoms with Crippen molar-refractivity contribution in [3.8, 4) is 0 Å². The Hall–Kier alpha value is -2.64. The summed E-state index contributed by atoms with van der Waals surface area (Å²) in [5.74, 6) is 0.463. The molecular weight excluding hydrogens is 288 g/mol. The van der Waals surface area contributed by atoms with E-state index in [-0.39, 0.29) is 5.69 Å². The maximum atomic E-state index is 12.2. The molecule has 0 spiro atoms. The van der Waals surface area contributed by atoms with Gasteiger partial charge in [0.1, 0.15) is 5.60 Å². The Morgan fingerprint density at radius 2 is 2.09 bits per heavy atom. The molecule has 0 bridgehead atoms. The molecule has 2 heterocycles. The molecule has 1 aliphatic heterocycles. The number of nitro groups is 1. The number of amides is 1. The van der Waals surface area contributed by atoms with Crippen molar-refractivity contribution in [1.82, 2.24) is 9.55 Å². The van der Waals surface area contributed by atoms with Gasteiger partial charge in [0.05, 0.1) is 22.5 Å². The fourth-order valence-electron chi connectivity index (χ4n) is 2.44. The van der Waals surface area contributed by atoms with Crippen molar-refractivity contribution in [2.45, 2.75) is 32.9 Å². The number of nitrogens with zero attached hydrogens (tertiary/aromatic N) is 4. The van der Waals surface area contributed by atoms with E-state index in [4.69, 9.17) is 4.74 Å². The zero-order valence-corrected chi connectivity index (χ0v) is 12.6. The fourth-order valence-corrected chi connectivity index (χ4v) is 2.44. The molecule has 1 amide bonds. The van der Waals surface area contributed by atoms with Gasteiger partial charge in [-0.2, -0.15) is 0 Å². The number of ether oxygens (including phenoxy) is 1. The monoisotopic (exact) mass is 304 g/mol. The number of carbonyl (C=O) groups excluding carboxylic acids is 1. The van der Waals surface area contributed by atoms with E-state index in [2.05, 4.69) is 4.98 Å². The molecule has 1 aromatic carbocycles. The van der Waals surface area contributed by atoms with Gasteiger partial charge in [0, 0.05) is 18.7 Å². The lowest BCUT2D eigenvalue weighted by molar-refractivity contribution is -0.384. The van der Waals surface area contributed by atoms with E-state index < -0.39 is 16.6 Å². The molecule has 1 aromatic heterocycles. The maximum absolute atomic E-state index is 12.2. The summed E-state index contributed by atoms with van der Waals surface area (Å²) in [7, 11) is 0. The lowest BCUT2D eigenvalue weighted by Gasteiger charge is -2.23. The van der Waals surface area contributed by atoms with Gasteiger partial charge in [0.2, 0.25) is 5.95 Å². The van der Waals surface area contributed by atoms with Crippen molar-refractivity contribution in [3.63, 3.8) is 0 Å². The van der Waals surface area contributed by atoms with Crippen molar-refractivity contribution in [2.75, 3.05) is 11.4 Å². The van der Waals surface area contributed by atoms with Crippen LogP contribution in [0.5, 0.6) is 0 Å². The number of aromatic nitrogens is 2. The Bertz CT molecular complexity index is 775. The van der Waals surface area contributed by atoms with Crippen LogP contribution in [-0.4, -0.2) is 32.7 Å². The molecule has 2 aromatic rings. The minimum atomic E-state index is -0.588. The number of hydrogen-bond acceptors (Lipinski definition) is 5. The molecule has 8 heteroatoms. The molecule has 1 aliphatic rings. The third kappa shape index (κ3) is 2.36. The van der Waals surface area contributed by atoms with Gasteiger partial charge < -0.3 is 9.30 Å². The number of benzene rings is 1. The van der Waals surface area contributed by atoms with Gasteiger partial charge in [0.15, 0.2) is 0 Å². The van der Waals surface area contributed by atoms with Crippen molar-refractivity contribution >= 4 is 28.8 Å². The Kier molecular flexibility index (Phi) is 3.05. The van der Waals surface area contributed by atoms with Gasteiger partial charge in [-0.1, -0.05) is 0 Å². The van der Waals surface area contributed by atoms with Crippen LogP contribution in [0, 0.1) is 10.1 Å². The average molecular weight is 304 g/mol. The van der Waals surface area contributed by atoms with Crippen molar-refractivity contribution in [2.24, 2.45) is 0 Å². The summed E-state index contributed by atoms with van der Waals surface area (Å²) in [4.78, 5) is 28.4. The summed E-state index contributed by atoms with van der Waals surface area (Å²) >= 11 is 0. The van der Waals surface area contributed by atoms with E-state index in [0.29, 0.717) is 24.6 Å². The summed E-state index contributed by atoms with van der Waals surface area (Å²) in [5, 5.41) is 10.8. The minimum absolute atomic E-state index is 0.0203. The van der Waals surface area contributed by atoms with Crippen molar-refractivity contribution in [3.05, 3.63) is 28.3 Å². The first-order chi connectivity index (χ1) is 10.3. The highest BCUT2D eigenvalue weighted by Gasteiger charge is 2.32. The molecule has 8 nitrogen and oxygen atoms in total. The minimum Gasteiger partial charge on any atom is -0.443 e. The average Bonchev–Trinajstić information content (AvgIpc) is 2.93. The predicted octanol–water partition coefficient (Wildman–Crippen LogP) is 2.70. The number of rotatable bonds is 1. The molecule has 0 atom stereocenters. The first-order valence-corrected chi connectivity index (χ1v) is 6.91. The smallest absolute Gasteiger partial charge is 0.417 e. The number of carbonyl (C=O) groups is 1. The molecular formula is C14H16N4O4. The summed E-state index contributed by atoms with van der Waals surface area (Å²) in [5.41, 5.74) is 0.659. The lowest BCUT2D eigenvalue weighted by Crippen LogP contribution is -2.36. The van der Waals surface area contributed by atoms with Crippen LogP contribution in [0.4, 0.5) is 16.4 Å². The fraction of sp³-hybridized carbons (Fsp3) is 0.429. The van der Waals surface area contributed by atoms with Crippen LogP contribution in [0.2, 0.25) is 0 Å². The van der Waals surface area contributed by atoms with Crippen LogP contribution in [0.1, 0.15) is 20.8 Å². The van der Waals surface area contributed by atoms with E-state index in [0.717, 1.165) is 5.52 Å². The quantitative estimate of drug-likeness (QED) is 0.596. The molecule has 116 valence electrons. The molecule has 0 saturated carbocycles. The second-order valence-electron chi connectivity index (χ2n) is 6.13. The normalized spacial score (nSPS) is 14.2. The lowest BCUT2D eigenvalue weighted by atomic mass is 10.2. The molecule has 0 aliphatic carbocycles. The Morgan fingerprint density at radius 1 is 1.36 bits per heavy atom. The van der Waals surface area contributed by atoms with E-state index in [9.17, 15) is 14.9 Å². The number of non-ortho nitro benzene ring substituents is 1. The Balaban J connectivity index is 1.98. The van der Waals surface area contributed by atoms with Gasteiger partial charge in [-0.3, -0.25) is 10.1 Å². The van der Waals surface area contributed by atoms with Crippen LogP contribution in [0.3, 0.4) is 0 Å². The second-order valence-corrected chi connectivity index (χ2v) is 6.13. The molecule has 0 radical (unpaired) electrons. The molecule has 0 unspecified atom stereocenters. The Morgan fingerprint density at radius 3 is 2.73 bits per heavy atom. The van der Waals surface area contributed by atoms with E-state index in [1.807, 2.05) is 4.57 Å². The number of anilines is 1. The van der Waals surface area contributed by atoms with Gasteiger partial charge in [-0.15, -0.1) is 0 Å². The molecule has 22 heavy (non-hydrogen) atoms. The zero-order chi connectivity index (χ0) is 16.1. The van der Waals surface area contributed by atoms with Gasteiger partial charge in [-0.25, -0.2) is 14.7 Å². The molecule has 0 N–H and O–H groups in total. The highest BCUT2D eigenvalue weighted by Crippen LogP contribution is 2.30. The third-order valence-corrected chi connectivity index (χ3v) is 3.33. The highest BCUT2D eigenvalue weighted by atomic mass is 16.6. The summed E-state index contributed by atoms with van der Waals surface area (Å²) in [6.45, 7) is 6.46. The van der Waals surface area contributed by atoms with E-state index in [1.54, 1.807) is 26.8 Å². The number of imidazole rings is 1. The standard InChI is InChI=1S/C14H16N4O4/c1-14(2,3)22-13(19)17-7-6-16-11-5-4-9(18(20)21)8-10(11)15-12(16)17/h4-5,8H,6-7H2,1-3H3. The summed E-state index contributed by atoms with van der Waals surface area (Å²) in [6, 6.07) is 4.50. The number of nitro benzene ring substituents is 1. The van der Waals surface area contributed by atoms with Gasteiger partial charge >= 0.3 is 6.09 Å². The van der Waals surface area contributed by atoms with Gasteiger partial charge in [-0.05, 0) is 26.8 Å². The molecule has 0 fully saturated rings. The topological polar surface area (TPSA) is 90.5 Å². The van der Waals surface area contributed by atoms with Gasteiger partial charge in [0.25, 0.3) is 5.69 Å². The summed E-state index contributed by atoms with van der Waals surface area (Å²) in [6.07, 6.45) is -0.462. The van der Waals surface area contributed by atoms with Crippen LogP contribution in [0.25, 0.3) is 11.0 Å². The molecule has 0 saturated heterocycles. The zero-order valence-electron chi connectivity index (χ0n) is 12.6. The second kappa shape index (κ2) is 4.69. The van der Waals surface area contributed by atoms with E-state index in [1.165, 1.54) is 17.0 Å². The number of hydrogen-bond donors (Lipinski definition) is 0. The van der Waals surface area contributed by atoms with Crippen LogP contribution in [-0.2, 0) is 11.3 Å². The van der Waals surface area contributed by atoms with Crippen LogP contribution >= 0.6 is 0 Å². The van der Waals surface area contributed by atoms with E-state index >= 15 is 0 Å².